The lowest BCUT2D eigenvalue weighted by Crippen LogP contribution is -2.38. The van der Waals surface area contributed by atoms with Crippen molar-refractivity contribution in [2.45, 2.75) is 38.8 Å². The fourth-order valence-electron chi connectivity index (χ4n) is 3.65. The van der Waals surface area contributed by atoms with Crippen molar-refractivity contribution in [1.29, 1.82) is 0 Å². The van der Waals surface area contributed by atoms with Gasteiger partial charge in [0, 0.05) is 42.3 Å². The normalized spacial score (nSPS) is 17.1. The minimum Gasteiger partial charge on any atom is -0.352 e. The minimum absolute atomic E-state index is 0.221. The number of rotatable bonds is 4. The van der Waals surface area contributed by atoms with E-state index in [2.05, 4.69) is 32.3 Å². The molecule has 0 spiro atoms. The number of nitrogens with zero attached hydrogens (tertiary/aromatic N) is 4. The van der Waals surface area contributed by atoms with E-state index < -0.39 is 0 Å². The zero-order chi connectivity index (χ0) is 18.6. The first-order valence-electron chi connectivity index (χ1n) is 9.43. The first kappa shape index (κ1) is 17.4. The van der Waals surface area contributed by atoms with Crippen LogP contribution >= 0.6 is 0 Å². The van der Waals surface area contributed by atoms with Gasteiger partial charge in [0.2, 0.25) is 0 Å². The Bertz CT molecular complexity index is 944. The Morgan fingerprint density at radius 3 is 2.78 bits per heavy atom. The van der Waals surface area contributed by atoms with Crippen LogP contribution in [0.5, 0.6) is 0 Å². The zero-order valence-electron chi connectivity index (χ0n) is 15.4. The number of carbonyl (C=O) groups excluding carboxylic acids is 1. The highest BCUT2D eigenvalue weighted by atomic mass is 16.1. The number of nitrogens with one attached hydrogen (secondary N) is 1. The Balaban J connectivity index is 1.64. The number of benzene rings is 1. The molecule has 1 aromatic carbocycles. The SMILES string of the molecule is CC1CCCCN1c1nnc(C(=O)NCc2cccnc2)c2ccccc12. The van der Waals surface area contributed by atoms with E-state index in [9.17, 15) is 4.79 Å². The van der Waals surface area contributed by atoms with Crippen LogP contribution in [0.25, 0.3) is 10.8 Å². The summed E-state index contributed by atoms with van der Waals surface area (Å²) in [5.41, 5.74) is 1.31. The molecule has 3 heterocycles. The Morgan fingerprint density at radius 2 is 2.00 bits per heavy atom. The monoisotopic (exact) mass is 361 g/mol. The summed E-state index contributed by atoms with van der Waals surface area (Å²) in [5.74, 6) is 0.655. The van der Waals surface area contributed by atoms with Gasteiger partial charge < -0.3 is 10.2 Å². The third kappa shape index (κ3) is 3.60. The van der Waals surface area contributed by atoms with E-state index in [0.29, 0.717) is 18.3 Å². The molecular weight excluding hydrogens is 338 g/mol. The van der Waals surface area contributed by atoms with Gasteiger partial charge in [0.05, 0.1) is 0 Å². The van der Waals surface area contributed by atoms with Gasteiger partial charge in [0.15, 0.2) is 11.5 Å². The van der Waals surface area contributed by atoms with Crippen LogP contribution in [0.4, 0.5) is 5.82 Å². The van der Waals surface area contributed by atoms with Crippen LogP contribution in [0.1, 0.15) is 42.2 Å². The fraction of sp³-hybridized carbons (Fsp3) is 0.333. The number of hydrogen-bond donors (Lipinski definition) is 1. The van der Waals surface area contributed by atoms with Crippen LogP contribution < -0.4 is 10.2 Å². The van der Waals surface area contributed by atoms with Crippen LogP contribution in [0.3, 0.4) is 0 Å². The van der Waals surface area contributed by atoms with Crippen molar-refractivity contribution >= 4 is 22.5 Å². The lowest BCUT2D eigenvalue weighted by Gasteiger charge is -2.34. The molecule has 1 atom stereocenters. The van der Waals surface area contributed by atoms with E-state index in [1.165, 1.54) is 6.42 Å². The summed E-state index contributed by atoms with van der Waals surface area (Å²) in [6.07, 6.45) is 7.02. The molecule has 6 nitrogen and oxygen atoms in total. The quantitative estimate of drug-likeness (QED) is 0.772. The minimum atomic E-state index is -0.221. The maximum Gasteiger partial charge on any atom is 0.272 e. The number of amides is 1. The van der Waals surface area contributed by atoms with Crippen molar-refractivity contribution in [3.05, 3.63) is 60.0 Å². The van der Waals surface area contributed by atoms with Crippen LogP contribution in [0.15, 0.2) is 48.8 Å². The molecular formula is C21H23N5O. The van der Waals surface area contributed by atoms with Crippen LogP contribution in [0, 0.1) is 0 Å². The topological polar surface area (TPSA) is 71.0 Å². The Kier molecular flexibility index (Phi) is 4.96. The smallest absolute Gasteiger partial charge is 0.272 e. The highest BCUT2D eigenvalue weighted by Gasteiger charge is 2.24. The average Bonchev–Trinajstić information content (AvgIpc) is 2.72. The second kappa shape index (κ2) is 7.70. The van der Waals surface area contributed by atoms with Crippen molar-refractivity contribution in [3.8, 4) is 0 Å². The molecule has 1 aliphatic heterocycles. The molecule has 0 saturated carbocycles. The molecule has 0 aliphatic carbocycles. The third-order valence-corrected chi connectivity index (χ3v) is 5.13. The Morgan fingerprint density at radius 1 is 1.15 bits per heavy atom. The van der Waals surface area contributed by atoms with Gasteiger partial charge in [-0.3, -0.25) is 9.78 Å². The molecule has 1 N–H and O–H groups in total. The Labute approximate surface area is 158 Å². The predicted octanol–water partition coefficient (Wildman–Crippen LogP) is 3.33. The molecule has 0 radical (unpaired) electrons. The van der Waals surface area contributed by atoms with Crippen molar-refractivity contribution in [3.63, 3.8) is 0 Å². The third-order valence-electron chi connectivity index (χ3n) is 5.13. The van der Waals surface area contributed by atoms with Gasteiger partial charge >= 0.3 is 0 Å². The summed E-state index contributed by atoms with van der Waals surface area (Å²) in [5, 5.41) is 13.5. The molecule has 1 aliphatic rings. The lowest BCUT2D eigenvalue weighted by atomic mass is 10.0. The van der Waals surface area contributed by atoms with Crippen molar-refractivity contribution in [1.82, 2.24) is 20.5 Å². The first-order valence-corrected chi connectivity index (χ1v) is 9.43. The largest absolute Gasteiger partial charge is 0.352 e. The van der Waals surface area contributed by atoms with Crippen LogP contribution in [-0.2, 0) is 6.54 Å². The molecule has 4 rings (SSSR count). The van der Waals surface area contributed by atoms with Crippen LogP contribution in [0.2, 0.25) is 0 Å². The molecule has 3 aromatic rings. The molecule has 27 heavy (non-hydrogen) atoms. The number of fused-ring (bicyclic) bond motifs is 1. The zero-order valence-corrected chi connectivity index (χ0v) is 15.4. The van der Waals surface area contributed by atoms with E-state index in [1.807, 2.05) is 36.4 Å². The van der Waals surface area contributed by atoms with Gasteiger partial charge in [0.25, 0.3) is 5.91 Å². The van der Waals surface area contributed by atoms with Gasteiger partial charge in [-0.15, -0.1) is 10.2 Å². The van der Waals surface area contributed by atoms with E-state index in [-0.39, 0.29) is 5.91 Å². The fourth-order valence-corrected chi connectivity index (χ4v) is 3.65. The number of carbonyl (C=O) groups is 1. The number of anilines is 1. The molecule has 1 unspecified atom stereocenters. The molecule has 6 heteroatoms. The van der Waals surface area contributed by atoms with Crippen molar-refractivity contribution in [2.75, 3.05) is 11.4 Å². The van der Waals surface area contributed by atoms with Gasteiger partial charge in [-0.25, -0.2) is 0 Å². The summed E-state index contributed by atoms with van der Waals surface area (Å²) >= 11 is 0. The highest BCUT2D eigenvalue weighted by Crippen LogP contribution is 2.30. The van der Waals surface area contributed by atoms with Crippen LogP contribution in [-0.4, -0.2) is 33.7 Å². The second-order valence-electron chi connectivity index (χ2n) is 7.00. The number of piperidine rings is 1. The number of hydrogen-bond acceptors (Lipinski definition) is 5. The molecule has 1 fully saturated rings. The first-order chi connectivity index (χ1) is 13.2. The lowest BCUT2D eigenvalue weighted by molar-refractivity contribution is 0.0947. The summed E-state index contributed by atoms with van der Waals surface area (Å²) < 4.78 is 0. The van der Waals surface area contributed by atoms with Gasteiger partial charge in [0.1, 0.15) is 0 Å². The number of aromatic nitrogens is 3. The molecule has 2 aromatic heterocycles. The molecule has 1 saturated heterocycles. The van der Waals surface area contributed by atoms with Crippen molar-refractivity contribution < 1.29 is 4.79 Å². The summed E-state index contributed by atoms with van der Waals surface area (Å²) in [6, 6.07) is 12.1. The van der Waals surface area contributed by atoms with E-state index in [4.69, 9.17) is 0 Å². The van der Waals surface area contributed by atoms with E-state index in [0.717, 1.165) is 41.5 Å². The Hall–Kier alpha value is -3.02. The molecule has 138 valence electrons. The van der Waals surface area contributed by atoms with Gasteiger partial charge in [-0.1, -0.05) is 30.3 Å². The van der Waals surface area contributed by atoms with Crippen molar-refractivity contribution in [2.24, 2.45) is 0 Å². The summed E-state index contributed by atoms with van der Waals surface area (Å²) in [4.78, 5) is 19.1. The van der Waals surface area contributed by atoms with E-state index >= 15 is 0 Å². The standard InChI is InChI=1S/C21H23N5O/c1-15-7-4-5-12-26(15)20-18-10-3-2-9-17(18)19(24-25-20)21(27)23-14-16-8-6-11-22-13-16/h2-3,6,8-11,13,15H,4-5,7,12,14H2,1H3,(H,23,27). The predicted molar refractivity (Wildman–Crippen MR) is 106 cm³/mol. The maximum atomic E-state index is 12.7. The molecule has 1 amide bonds. The van der Waals surface area contributed by atoms with E-state index in [1.54, 1.807) is 12.4 Å². The number of pyridine rings is 1. The summed E-state index contributed by atoms with van der Waals surface area (Å²) in [6.45, 7) is 3.62. The second-order valence-corrected chi connectivity index (χ2v) is 7.00. The highest BCUT2D eigenvalue weighted by molar-refractivity contribution is 6.07. The maximum absolute atomic E-state index is 12.7. The molecule has 0 bridgehead atoms. The van der Waals surface area contributed by atoms with Gasteiger partial charge in [-0.2, -0.15) is 0 Å². The average molecular weight is 361 g/mol. The summed E-state index contributed by atoms with van der Waals surface area (Å²) in [7, 11) is 0. The van der Waals surface area contributed by atoms with Gasteiger partial charge in [-0.05, 0) is 37.8 Å².